The molecule has 1 aromatic heterocycles. The molecule has 0 bridgehead atoms. The Hall–Kier alpha value is -1.03. The van der Waals surface area contributed by atoms with Crippen LogP contribution in [0.5, 0.6) is 0 Å². The Morgan fingerprint density at radius 3 is 3.08 bits per heavy atom. The Morgan fingerprint density at radius 1 is 1.62 bits per heavy atom. The third kappa shape index (κ3) is 1.67. The van der Waals surface area contributed by atoms with Crippen molar-refractivity contribution in [3.05, 3.63) is 11.9 Å². The summed E-state index contributed by atoms with van der Waals surface area (Å²) in [5.74, 6) is 0.697. The van der Waals surface area contributed by atoms with E-state index < -0.39 is 0 Å². The van der Waals surface area contributed by atoms with Gasteiger partial charge in [-0.1, -0.05) is 6.42 Å². The van der Waals surface area contributed by atoms with Gasteiger partial charge in [-0.25, -0.2) is 0 Å². The van der Waals surface area contributed by atoms with Gasteiger partial charge in [-0.3, -0.25) is 5.10 Å². The number of aromatic amines is 1. The molecule has 1 heterocycles. The second kappa shape index (κ2) is 3.79. The van der Waals surface area contributed by atoms with Crippen molar-refractivity contribution in [2.45, 2.75) is 25.2 Å². The van der Waals surface area contributed by atoms with Crippen LogP contribution < -0.4 is 11.1 Å². The summed E-state index contributed by atoms with van der Waals surface area (Å²) in [7, 11) is 0. The van der Waals surface area contributed by atoms with E-state index in [0.717, 1.165) is 12.2 Å². The molecule has 4 heteroatoms. The zero-order valence-electron chi connectivity index (χ0n) is 7.71. The van der Waals surface area contributed by atoms with Crippen molar-refractivity contribution in [3.63, 3.8) is 0 Å². The lowest BCUT2D eigenvalue weighted by molar-refractivity contribution is 0.411. The van der Waals surface area contributed by atoms with Gasteiger partial charge in [0.1, 0.15) is 0 Å². The fourth-order valence-corrected chi connectivity index (χ4v) is 1.65. The minimum Gasteiger partial charge on any atom is -0.381 e. The van der Waals surface area contributed by atoms with Gasteiger partial charge in [-0.2, -0.15) is 5.10 Å². The molecular weight excluding hydrogens is 164 g/mol. The van der Waals surface area contributed by atoms with Crippen molar-refractivity contribution in [3.8, 4) is 0 Å². The summed E-state index contributed by atoms with van der Waals surface area (Å²) in [4.78, 5) is 0. The summed E-state index contributed by atoms with van der Waals surface area (Å²) in [5, 5.41) is 10.4. The molecule has 0 atom stereocenters. The smallest absolute Gasteiger partial charge is 0.0759 e. The quantitative estimate of drug-likeness (QED) is 0.648. The number of H-pyrrole nitrogens is 1. The Morgan fingerprint density at radius 2 is 2.46 bits per heavy atom. The van der Waals surface area contributed by atoms with E-state index >= 15 is 0 Å². The lowest BCUT2D eigenvalue weighted by atomic mass is 9.82. The maximum atomic E-state index is 5.42. The summed E-state index contributed by atoms with van der Waals surface area (Å²) in [6.45, 7) is 1.48. The lowest BCUT2D eigenvalue weighted by Crippen LogP contribution is -2.16. The standard InChI is InChI=1S/C9H16N4/c10-4-5-11-8-6-12-13-9(8)7-2-1-3-7/h6-7,11H,1-5,10H2,(H,12,13). The summed E-state index contributed by atoms with van der Waals surface area (Å²) >= 11 is 0. The first-order valence-corrected chi connectivity index (χ1v) is 4.89. The molecule has 1 aliphatic carbocycles. The van der Waals surface area contributed by atoms with Crippen molar-refractivity contribution in [2.24, 2.45) is 5.73 Å². The summed E-state index contributed by atoms with van der Waals surface area (Å²) in [6.07, 6.45) is 5.78. The highest BCUT2D eigenvalue weighted by atomic mass is 15.1. The van der Waals surface area contributed by atoms with E-state index in [1.807, 2.05) is 6.20 Å². The second-order valence-corrected chi connectivity index (χ2v) is 3.54. The van der Waals surface area contributed by atoms with Crippen LogP contribution in [0.1, 0.15) is 30.9 Å². The third-order valence-electron chi connectivity index (χ3n) is 2.64. The molecule has 0 aromatic carbocycles. The van der Waals surface area contributed by atoms with Crippen molar-refractivity contribution in [1.29, 1.82) is 0 Å². The van der Waals surface area contributed by atoms with E-state index in [1.54, 1.807) is 0 Å². The largest absolute Gasteiger partial charge is 0.381 e. The highest BCUT2D eigenvalue weighted by Gasteiger charge is 2.23. The molecular formula is C9H16N4. The normalized spacial score (nSPS) is 17.0. The molecule has 1 fully saturated rings. The number of anilines is 1. The van der Waals surface area contributed by atoms with Crippen molar-refractivity contribution in [2.75, 3.05) is 18.4 Å². The molecule has 0 radical (unpaired) electrons. The van der Waals surface area contributed by atoms with Crippen LogP contribution in [0.2, 0.25) is 0 Å². The van der Waals surface area contributed by atoms with Crippen molar-refractivity contribution >= 4 is 5.69 Å². The first-order valence-electron chi connectivity index (χ1n) is 4.89. The van der Waals surface area contributed by atoms with Gasteiger partial charge in [0.2, 0.25) is 0 Å². The average molecular weight is 180 g/mol. The van der Waals surface area contributed by atoms with Gasteiger partial charge in [0.05, 0.1) is 17.6 Å². The Kier molecular flexibility index (Phi) is 2.49. The first-order chi connectivity index (χ1) is 6.42. The lowest BCUT2D eigenvalue weighted by Gasteiger charge is -2.25. The van der Waals surface area contributed by atoms with Crippen LogP contribution in [0.25, 0.3) is 0 Å². The number of rotatable bonds is 4. The SMILES string of the molecule is NCCNc1cn[nH]c1C1CCC1. The predicted octanol–water partition coefficient (Wildman–Crippen LogP) is 1.05. The fourth-order valence-electron chi connectivity index (χ4n) is 1.65. The molecule has 0 unspecified atom stereocenters. The summed E-state index contributed by atoms with van der Waals surface area (Å²) in [6, 6.07) is 0. The van der Waals surface area contributed by atoms with Crippen LogP contribution in [-0.2, 0) is 0 Å². The molecule has 1 aromatic rings. The van der Waals surface area contributed by atoms with E-state index in [-0.39, 0.29) is 0 Å². The highest BCUT2D eigenvalue weighted by molar-refractivity contribution is 5.48. The van der Waals surface area contributed by atoms with Gasteiger partial charge in [-0.15, -0.1) is 0 Å². The Balaban J connectivity index is 2.02. The van der Waals surface area contributed by atoms with Crippen LogP contribution >= 0.6 is 0 Å². The van der Waals surface area contributed by atoms with Crippen LogP contribution in [0.15, 0.2) is 6.20 Å². The van der Waals surface area contributed by atoms with Gasteiger partial charge in [0.15, 0.2) is 0 Å². The molecule has 0 amide bonds. The number of nitrogens with zero attached hydrogens (tertiary/aromatic N) is 1. The van der Waals surface area contributed by atoms with Crippen molar-refractivity contribution < 1.29 is 0 Å². The molecule has 0 spiro atoms. The molecule has 4 N–H and O–H groups in total. The molecule has 4 nitrogen and oxygen atoms in total. The zero-order valence-corrected chi connectivity index (χ0v) is 7.71. The zero-order chi connectivity index (χ0) is 9.10. The fraction of sp³-hybridized carbons (Fsp3) is 0.667. The molecule has 72 valence electrons. The number of hydrogen-bond donors (Lipinski definition) is 3. The topological polar surface area (TPSA) is 66.7 Å². The Labute approximate surface area is 77.9 Å². The van der Waals surface area contributed by atoms with Crippen LogP contribution in [0.4, 0.5) is 5.69 Å². The second-order valence-electron chi connectivity index (χ2n) is 3.54. The van der Waals surface area contributed by atoms with Crippen LogP contribution in [0, 0.1) is 0 Å². The van der Waals surface area contributed by atoms with Gasteiger partial charge in [-0.05, 0) is 12.8 Å². The van der Waals surface area contributed by atoms with Gasteiger partial charge in [0, 0.05) is 19.0 Å². The van der Waals surface area contributed by atoms with E-state index in [0.29, 0.717) is 12.5 Å². The van der Waals surface area contributed by atoms with Crippen LogP contribution in [-0.4, -0.2) is 23.3 Å². The van der Waals surface area contributed by atoms with E-state index in [2.05, 4.69) is 15.5 Å². The highest BCUT2D eigenvalue weighted by Crippen LogP contribution is 2.38. The monoisotopic (exact) mass is 180 g/mol. The molecule has 2 rings (SSSR count). The Bertz CT molecular complexity index is 264. The molecule has 1 aliphatic rings. The van der Waals surface area contributed by atoms with E-state index in [1.165, 1.54) is 25.0 Å². The minimum atomic E-state index is 0.662. The van der Waals surface area contributed by atoms with Crippen molar-refractivity contribution in [1.82, 2.24) is 10.2 Å². The number of nitrogens with two attached hydrogens (primary N) is 1. The molecule has 1 saturated carbocycles. The summed E-state index contributed by atoms with van der Waals surface area (Å²) in [5.41, 5.74) is 7.82. The van der Waals surface area contributed by atoms with E-state index in [9.17, 15) is 0 Å². The van der Waals surface area contributed by atoms with Gasteiger partial charge >= 0.3 is 0 Å². The first kappa shape index (κ1) is 8.56. The summed E-state index contributed by atoms with van der Waals surface area (Å²) < 4.78 is 0. The van der Waals surface area contributed by atoms with E-state index in [4.69, 9.17) is 5.73 Å². The minimum absolute atomic E-state index is 0.662. The molecule has 13 heavy (non-hydrogen) atoms. The third-order valence-corrected chi connectivity index (χ3v) is 2.64. The number of hydrogen-bond acceptors (Lipinski definition) is 3. The van der Waals surface area contributed by atoms with Gasteiger partial charge in [0.25, 0.3) is 0 Å². The molecule has 0 aliphatic heterocycles. The number of aromatic nitrogens is 2. The van der Waals surface area contributed by atoms with Gasteiger partial charge < -0.3 is 11.1 Å². The predicted molar refractivity (Wildman–Crippen MR) is 52.7 cm³/mol. The average Bonchev–Trinajstić information content (AvgIpc) is 2.46. The van der Waals surface area contributed by atoms with Crippen LogP contribution in [0.3, 0.4) is 0 Å². The number of nitrogens with one attached hydrogen (secondary N) is 2. The molecule has 0 saturated heterocycles. The maximum absolute atomic E-state index is 5.42. The maximum Gasteiger partial charge on any atom is 0.0759 e.